The summed E-state index contributed by atoms with van der Waals surface area (Å²) in [5, 5.41) is 0. The molecule has 0 saturated carbocycles. The lowest BCUT2D eigenvalue weighted by Crippen LogP contribution is -2.45. The number of amides is 2. The lowest BCUT2D eigenvalue weighted by atomic mass is 9.78. The molecule has 2 amide bonds. The maximum absolute atomic E-state index is 13.2. The Morgan fingerprint density at radius 3 is 2.50 bits per heavy atom. The molecule has 192 valence electrons. The van der Waals surface area contributed by atoms with Crippen LogP contribution in [0.3, 0.4) is 0 Å². The van der Waals surface area contributed by atoms with Gasteiger partial charge in [-0.1, -0.05) is 36.4 Å². The van der Waals surface area contributed by atoms with Gasteiger partial charge in [0.05, 0.1) is 18.0 Å². The number of rotatable bonds is 6. The van der Waals surface area contributed by atoms with Crippen LogP contribution in [0.15, 0.2) is 59.5 Å². The molecule has 1 atom stereocenters. The first-order chi connectivity index (χ1) is 17.3. The maximum atomic E-state index is 13.2. The summed E-state index contributed by atoms with van der Waals surface area (Å²) in [7, 11) is -2.10. The van der Waals surface area contributed by atoms with E-state index in [4.69, 9.17) is 9.47 Å². The third-order valence-electron chi connectivity index (χ3n) is 7.72. The number of carbonyl (C=O) groups excluding carboxylic acids is 2. The summed E-state index contributed by atoms with van der Waals surface area (Å²) in [4.78, 5) is 29.1. The molecular formula is C26H31N3O6S. The van der Waals surface area contributed by atoms with Crippen LogP contribution in [0, 0.1) is 5.41 Å². The second kappa shape index (κ2) is 9.74. The standard InChI is InChI=1S/C26H31N3O6S/c1-34-21-8-5-9-22(16-21)36(32,33)28-14-11-26(12-15-28)10-13-27(19-26)24(30)17-29-23(18-35-25(29)31)20-6-3-2-4-7-20/h2-9,16,23H,10-15,17-19H2,1H3/t23-/m1/s1. The van der Waals surface area contributed by atoms with Crippen LogP contribution in [-0.4, -0.2) is 81.0 Å². The van der Waals surface area contributed by atoms with E-state index in [9.17, 15) is 18.0 Å². The van der Waals surface area contributed by atoms with E-state index in [1.54, 1.807) is 24.3 Å². The number of sulfonamides is 1. The number of nitrogens with zero attached hydrogens (tertiary/aromatic N) is 3. The molecule has 2 aromatic rings. The van der Waals surface area contributed by atoms with E-state index in [0.717, 1.165) is 12.0 Å². The van der Waals surface area contributed by atoms with E-state index in [1.807, 2.05) is 35.2 Å². The molecule has 0 N–H and O–H groups in total. The number of hydrogen-bond acceptors (Lipinski definition) is 6. The van der Waals surface area contributed by atoms with Crippen molar-refractivity contribution in [3.8, 4) is 5.75 Å². The molecule has 3 fully saturated rings. The number of benzene rings is 2. The van der Waals surface area contributed by atoms with Crippen molar-refractivity contribution in [3.63, 3.8) is 0 Å². The van der Waals surface area contributed by atoms with E-state index in [1.165, 1.54) is 16.3 Å². The molecule has 2 aromatic carbocycles. The number of piperidine rings is 1. The molecule has 0 aliphatic carbocycles. The largest absolute Gasteiger partial charge is 0.497 e. The number of carbonyl (C=O) groups is 2. The molecule has 3 heterocycles. The van der Waals surface area contributed by atoms with Gasteiger partial charge in [0, 0.05) is 32.2 Å². The quantitative estimate of drug-likeness (QED) is 0.589. The van der Waals surface area contributed by atoms with Crippen molar-refractivity contribution in [1.82, 2.24) is 14.1 Å². The van der Waals surface area contributed by atoms with Crippen molar-refractivity contribution < 1.29 is 27.5 Å². The molecule has 3 aliphatic rings. The summed E-state index contributed by atoms with van der Waals surface area (Å²) in [6.45, 7) is 2.23. The van der Waals surface area contributed by atoms with Gasteiger partial charge in [-0.05, 0) is 42.4 Å². The van der Waals surface area contributed by atoms with Crippen LogP contribution in [-0.2, 0) is 19.6 Å². The molecule has 9 nitrogen and oxygen atoms in total. The minimum absolute atomic E-state index is 0.0230. The molecule has 10 heteroatoms. The topological polar surface area (TPSA) is 96.5 Å². The van der Waals surface area contributed by atoms with E-state index in [0.29, 0.717) is 44.8 Å². The van der Waals surface area contributed by atoms with Crippen LogP contribution in [0.1, 0.15) is 30.9 Å². The fourth-order valence-electron chi connectivity index (χ4n) is 5.49. The highest BCUT2D eigenvalue weighted by Crippen LogP contribution is 2.42. The molecule has 0 unspecified atom stereocenters. The smallest absolute Gasteiger partial charge is 0.410 e. The average Bonchev–Trinajstić information content (AvgIpc) is 3.48. The van der Waals surface area contributed by atoms with Gasteiger partial charge < -0.3 is 14.4 Å². The Balaban J connectivity index is 1.20. The van der Waals surface area contributed by atoms with Crippen molar-refractivity contribution in [2.45, 2.75) is 30.2 Å². The normalized spacial score (nSPS) is 22.1. The monoisotopic (exact) mass is 513 g/mol. The van der Waals surface area contributed by atoms with Crippen molar-refractivity contribution in [2.24, 2.45) is 5.41 Å². The Labute approximate surface area is 211 Å². The molecule has 3 aliphatic heterocycles. The predicted molar refractivity (Wildman–Crippen MR) is 132 cm³/mol. The van der Waals surface area contributed by atoms with Gasteiger partial charge in [0.25, 0.3) is 0 Å². The first-order valence-corrected chi connectivity index (χ1v) is 13.7. The van der Waals surface area contributed by atoms with Crippen molar-refractivity contribution >= 4 is 22.0 Å². The Morgan fingerprint density at radius 2 is 1.78 bits per heavy atom. The highest BCUT2D eigenvalue weighted by atomic mass is 32.2. The SMILES string of the molecule is COc1cccc(S(=O)(=O)N2CCC3(CCN(C(=O)CN4C(=O)OC[C@@H]4c4ccccc4)C3)CC2)c1. The fraction of sp³-hybridized carbons (Fsp3) is 0.462. The number of methoxy groups -OCH3 is 1. The summed E-state index contributed by atoms with van der Waals surface area (Å²) >= 11 is 0. The minimum Gasteiger partial charge on any atom is -0.497 e. The molecular weight excluding hydrogens is 482 g/mol. The van der Waals surface area contributed by atoms with Crippen molar-refractivity contribution in [1.29, 1.82) is 0 Å². The number of ether oxygens (including phenoxy) is 2. The van der Waals surface area contributed by atoms with Gasteiger partial charge in [-0.15, -0.1) is 0 Å². The molecule has 5 rings (SSSR count). The first-order valence-electron chi connectivity index (χ1n) is 12.2. The summed E-state index contributed by atoms with van der Waals surface area (Å²) in [5.41, 5.74) is 0.846. The molecule has 1 spiro atoms. The van der Waals surface area contributed by atoms with Crippen LogP contribution in [0.5, 0.6) is 5.75 Å². The number of cyclic esters (lactones) is 1. The van der Waals surface area contributed by atoms with Crippen molar-refractivity contribution in [2.75, 3.05) is 46.4 Å². The summed E-state index contributed by atoms with van der Waals surface area (Å²) in [5.74, 6) is 0.406. The summed E-state index contributed by atoms with van der Waals surface area (Å²) < 4.78 is 38.3. The zero-order valence-electron chi connectivity index (χ0n) is 20.3. The van der Waals surface area contributed by atoms with Gasteiger partial charge in [-0.2, -0.15) is 4.31 Å². The highest BCUT2D eigenvalue weighted by Gasteiger charge is 2.45. The van der Waals surface area contributed by atoms with Crippen molar-refractivity contribution in [3.05, 3.63) is 60.2 Å². The zero-order chi connectivity index (χ0) is 25.3. The third kappa shape index (κ3) is 4.67. The molecule has 36 heavy (non-hydrogen) atoms. The van der Waals surface area contributed by atoms with Gasteiger partial charge in [0.15, 0.2) is 0 Å². The Hall–Kier alpha value is -3.11. The molecule has 0 aromatic heterocycles. The van der Waals surface area contributed by atoms with Gasteiger partial charge in [0.1, 0.15) is 18.9 Å². The number of hydrogen-bond donors (Lipinski definition) is 0. The van der Waals surface area contributed by atoms with Gasteiger partial charge >= 0.3 is 6.09 Å². The van der Waals surface area contributed by atoms with Crippen LogP contribution >= 0.6 is 0 Å². The van der Waals surface area contributed by atoms with Gasteiger partial charge in [-0.3, -0.25) is 9.69 Å². The van der Waals surface area contributed by atoms with Crippen LogP contribution in [0.25, 0.3) is 0 Å². The molecule has 3 saturated heterocycles. The third-order valence-corrected chi connectivity index (χ3v) is 9.61. The lowest BCUT2D eigenvalue weighted by molar-refractivity contribution is -0.131. The second-order valence-electron chi connectivity index (χ2n) is 9.78. The fourth-order valence-corrected chi connectivity index (χ4v) is 6.97. The van der Waals surface area contributed by atoms with E-state index in [-0.39, 0.29) is 35.4 Å². The first kappa shape index (κ1) is 24.6. The number of likely N-dealkylation sites (tertiary alicyclic amines) is 1. The van der Waals surface area contributed by atoms with Crippen LogP contribution in [0.2, 0.25) is 0 Å². The Bertz CT molecular complexity index is 1230. The maximum Gasteiger partial charge on any atom is 0.410 e. The average molecular weight is 514 g/mol. The van der Waals surface area contributed by atoms with Gasteiger partial charge in [0.2, 0.25) is 15.9 Å². The van der Waals surface area contributed by atoms with Crippen LogP contribution in [0.4, 0.5) is 4.79 Å². The van der Waals surface area contributed by atoms with E-state index < -0.39 is 16.1 Å². The van der Waals surface area contributed by atoms with E-state index in [2.05, 4.69) is 0 Å². The summed E-state index contributed by atoms with van der Waals surface area (Å²) in [6, 6.07) is 15.8. The Kier molecular flexibility index (Phi) is 6.65. The predicted octanol–water partition coefficient (Wildman–Crippen LogP) is 2.89. The zero-order valence-corrected chi connectivity index (χ0v) is 21.2. The lowest BCUT2D eigenvalue weighted by Gasteiger charge is -2.38. The highest BCUT2D eigenvalue weighted by molar-refractivity contribution is 7.89. The Morgan fingerprint density at radius 1 is 1.06 bits per heavy atom. The summed E-state index contributed by atoms with van der Waals surface area (Å²) in [6.07, 6.45) is 1.75. The van der Waals surface area contributed by atoms with Gasteiger partial charge in [-0.25, -0.2) is 13.2 Å². The van der Waals surface area contributed by atoms with E-state index >= 15 is 0 Å². The van der Waals surface area contributed by atoms with Crippen LogP contribution < -0.4 is 4.74 Å². The molecule has 0 radical (unpaired) electrons. The minimum atomic E-state index is -3.61. The second-order valence-corrected chi connectivity index (χ2v) is 11.7. The molecule has 0 bridgehead atoms.